The number of benzene rings is 1. The van der Waals surface area contributed by atoms with Crippen LogP contribution in [-0.4, -0.2) is 24.6 Å². The highest BCUT2D eigenvalue weighted by molar-refractivity contribution is 5.78. The number of hydrogen-bond donors (Lipinski definition) is 0. The molecule has 1 saturated carbocycles. The van der Waals surface area contributed by atoms with Crippen LogP contribution in [0.4, 0.5) is 0 Å². The molecule has 4 aromatic rings. The van der Waals surface area contributed by atoms with Crippen molar-refractivity contribution < 1.29 is 0 Å². The fraction of sp³-hybridized carbons (Fsp3) is 0.333. The van der Waals surface area contributed by atoms with Crippen molar-refractivity contribution in [3.8, 4) is 11.4 Å². The molecule has 1 aromatic carbocycles. The fourth-order valence-electron chi connectivity index (χ4n) is 3.57. The van der Waals surface area contributed by atoms with Crippen LogP contribution in [0.3, 0.4) is 0 Å². The maximum atomic E-state index is 4.96. The normalized spacial score (nSPS) is 14.4. The van der Waals surface area contributed by atoms with E-state index in [1.807, 2.05) is 6.92 Å². The Balaban J connectivity index is 1.86. The molecule has 1 aliphatic rings. The number of nitrogens with zero attached hydrogens (tertiary/aromatic N) is 5. The second-order valence-electron chi connectivity index (χ2n) is 7.24. The summed E-state index contributed by atoms with van der Waals surface area (Å²) in [4.78, 5) is 9.66. The Labute approximate surface area is 152 Å². The third kappa shape index (κ3) is 2.30. The van der Waals surface area contributed by atoms with Gasteiger partial charge in [-0.2, -0.15) is 0 Å². The Morgan fingerprint density at radius 3 is 2.62 bits per heavy atom. The van der Waals surface area contributed by atoms with Gasteiger partial charge >= 0.3 is 0 Å². The number of hydrogen-bond acceptors (Lipinski definition) is 4. The number of aryl methyl sites for hydroxylation is 3. The summed E-state index contributed by atoms with van der Waals surface area (Å²) >= 11 is 0. The van der Waals surface area contributed by atoms with E-state index in [2.05, 4.69) is 58.8 Å². The zero-order valence-corrected chi connectivity index (χ0v) is 15.3. The number of pyridine rings is 1. The lowest BCUT2D eigenvalue weighted by Gasteiger charge is -2.10. The lowest BCUT2D eigenvalue weighted by molar-refractivity contribution is 1.01. The monoisotopic (exact) mass is 343 g/mol. The van der Waals surface area contributed by atoms with Crippen LogP contribution >= 0.6 is 0 Å². The Kier molecular flexibility index (Phi) is 3.32. The molecule has 0 spiro atoms. The van der Waals surface area contributed by atoms with Crippen LogP contribution in [0.25, 0.3) is 28.2 Å². The second kappa shape index (κ2) is 5.59. The molecule has 3 aromatic heterocycles. The van der Waals surface area contributed by atoms with Crippen molar-refractivity contribution >= 4 is 16.8 Å². The van der Waals surface area contributed by atoms with E-state index in [4.69, 9.17) is 9.97 Å². The van der Waals surface area contributed by atoms with Gasteiger partial charge in [0.25, 0.3) is 0 Å². The third-order valence-corrected chi connectivity index (χ3v) is 5.31. The summed E-state index contributed by atoms with van der Waals surface area (Å²) in [5.41, 5.74) is 8.17. The SMILES string of the molecule is CCc1ccc(C)c(-c2nnc3c(C)nc4ccc(C5CC5)nc4n23)c1. The Hall–Kier alpha value is -2.82. The maximum Gasteiger partial charge on any atom is 0.184 e. The molecule has 26 heavy (non-hydrogen) atoms. The minimum atomic E-state index is 0.598. The molecule has 1 aliphatic carbocycles. The zero-order valence-electron chi connectivity index (χ0n) is 15.3. The molecular formula is C21H21N5. The molecule has 0 radical (unpaired) electrons. The van der Waals surface area contributed by atoms with Gasteiger partial charge in [0, 0.05) is 17.2 Å². The van der Waals surface area contributed by atoms with Crippen molar-refractivity contribution in [3.05, 3.63) is 52.8 Å². The van der Waals surface area contributed by atoms with Gasteiger partial charge in [-0.05, 0) is 62.4 Å². The van der Waals surface area contributed by atoms with Gasteiger partial charge in [0.05, 0.1) is 5.69 Å². The van der Waals surface area contributed by atoms with Gasteiger partial charge in [0.2, 0.25) is 0 Å². The molecule has 1 fully saturated rings. The summed E-state index contributed by atoms with van der Waals surface area (Å²) in [6, 6.07) is 10.8. The molecular weight excluding hydrogens is 322 g/mol. The Morgan fingerprint density at radius 2 is 1.85 bits per heavy atom. The minimum Gasteiger partial charge on any atom is -0.255 e. The summed E-state index contributed by atoms with van der Waals surface area (Å²) in [6.45, 7) is 6.27. The van der Waals surface area contributed by atoms with Crippen LogP contribution in [-0.2, 0) is 6.42 Å². The summed E-state index contributed by atoms with van der Waals surface area (Å²) in [5, 5.41) is 8.98. The summed E-state index contributed by atoms with van der Waals surface area (Å²) in [6.07, 6.45) is 3.46. The largest absolute Gasteiger partial charge is 0.255 e. The van der Waals surface area contributed by atoms with E-state index in [9.17, 15) is 0 Å². The Bertz CT molecular complexity index is 1150. The predicted molar refractivity (Wildman–Crippen MR) is 102 cm³/mol. The first-order valence-electron chi connectivity index (χ1n) is 9.28. The predicted octanol–water partition coefficient (Wildman–Crippen LogP) is 4.40. The molecule has 3 heterocycles. The standard InChI is InChI=1S/C21H21N5/c1-4-14-6-5-12(2)16(11-14)20-25-24-19-13(3)22-18-10-9-17(15-7-8-15)23-21(18)26(19)20/h5-6,9-11,15H,4,7-8H2,1-3H3. The lowest BCUT2D eigenvalue weighted by Crippen LogP contribution is -2.02. The second-order valence-corrected chi connectivity index (χ2v) is 7.24. The first kappa shape index (κ1) is 15.4. The quantitative estimate of drug-likeness (QED) is 0.553. The van der Waals surface area contributed by atoms with E-state index in [1.165, 1.54) is 24.0 Å². The van der Waals surface area contributed by atoms with E-state index in [0.717, 1.165) is 46.0 Å². The Morgan fingerprint density at radius 1 is 1.00 bits per heavy atom. The smallest absolute Gasteiger partial charge is 0.184 e. The van der Waals surface area contributed by atoms with Gasteiger partial charge in [-0.15, -0.1) is 10.2 Å². The van der Waals surface area contributed by atoms with Crippen molar-refractivity contribution in [3.63, 3.8) is 0 Å². The average molecular weight is 343 g/mol. The molecule has 0 N–H and O–H groups in total. The first-order chi connectivity index (χ1) is 12.7. The van der Waals surface area contributed by atoms with Crippen molar-refractivity contribution in [1.29, 1.82) is 0 Å². The molecule has 0 atom stereocenters. The topological polar surface area (TPSA) is 56.0 Å². The molecule has 0 unspecified atom stereocenters. The molecule has 5 heteroatoms. The lowest BCUT2D eigenvalue weighted by atomic mass is 10.0. The van der Waals surface area contributed by atoms with Crippen molar-refractivity contribution in [2.75, 3.05) is 0 Å². The van der Waals surface area contributed by atoms with Crippen molar-refractivity contribution in [2.24, 2.45) is 0 Å². The van der Waals surface area contributed by atoms with E-state index in [1.54, 1.807) is 0 Å². The van der Waals surface area contributed by atoms with Crippen molar-refractivity contribution in [2.45, 2.75) is 46.0 Å². The summed E-state index contributed by atoms with van der Waals surface area (Å²) in [7, 11) is 0. The molecule has 5 nitrogen and oxygen atoms in total. The maximum absolute atomic E-state index is 4.96. The number of fused-ring (bicyclic) bond motifs is 3. The van der Waals surface area contributed by atoms with Crippen LogP contribution in [0.5, 0.6) is 0 Å². The van der Waals surface area contributed by atoms with Crippen LogP contribution in [0, 0.1) is 13.8 Å². The molecule has 130 valence electrons. The third-order valence-electron chi connectivity index (χ3n) is 5.31. The molecule has 0 amide bonds. The molecule has 0 bridgehead atoms. The van der Waals surface area contributed by atoms with Crippen LogP contribution < -0.4 is 0 Å². The molecule has 0 aliphatic heterocycles. The van der Waals surface area contributed by atoms with Gasteiger partial charge in [-0.3, -0.25) is 4.40 Å². The first-order valence-corrected chi connectivity index (χ1v) is 9.28. The average Bonchev–Trinajstić information content (AvgIpc) is 3.40. The highest BCUT2D eigenvalue weighted by atomic mass is 15.3. The van der Waals surface area contributed by atoms with Gasteiger partial charge in [-0.25, -0.2) is 9.97 Å². The van der Waals surface area contributed by atoms with Crippen LogP contribution in [0.1, 0.15) is 48.2 Å². The molecule has 5 rings (SSSR count). The highest BCUT2D eigenvalue weighted by Crippen LogP contribution is 2.39. The van der Waals surface area contributed by atoms with Gasteiger partial charge in [0.1, 0.15) is 5.52 Å². The number of aromatic nitrogens is 5. The van der Waals surface area contributed by atoms with E-state index < -0.39 is 0 Å². The van der Waals surface area contributed by atoms with Crippen LogP contribution in [0.2, 0.25) is 0 Å². The van der Waals surface area contributed by atoms with E-state index >= 15 is 0 Å². The minimum absolute atomic E-state index is 0.598. The highest BCUT2D eigenvalue weighted by Gasteiger charge is 2.26. The fourth-order valence-corrected chi connectivity index (χ4v) is 3.57. The van der Waals surface area contributed by atoms with Crippen LogP contribution in [0.15, 0.2) is 30.3 Å². The van der Waals surface area contributed by atoms with Gasteiger partial charge in [-0.1, -0.05) is 19.1 Å². The van der Waals surface area contributed by atoms with Crippen molar-refractivity contribution in [1.82, 2.24) is 24.6 Å². The van der Waals surface area contributed by atoms with E-state index in [-0.39, 0.29) is 0 Å². The summed E-state index contributed by atoms with van der Waals surface area (Å²) < 4.78 is 2.09. The van der Waals surface area contributed by atoms with Gasteiger partial charge < -0.3 is 0 Å². The number of rotatable bonds is 3. The summed E-state index contributed by atoms with van der Waals surface area (Å²) in [5.74, 6) is 1.45. The molecule has 0 saturated heterocycles. The zero-order chi connectivity index (χ0) is 17.8. The van der Waals surface area contributed by atoms with E-state index in [0.29, 0.717) is 5.92 Å². The van der Waals surface area contributed by atoms with Gasteiger partial charge in [0.15, 0.2) is 17.1 Å².